The molecular formula is C13H14N2O2. The number of benzene rings is 1. The summed E-state index contributed by atoms with van der Waals surface area (Å²) in [5, 5.41) is 0.606. The van der Waals surface area contributed by atoms with Crippen LogP contribution in [0.1, 0.15) is 25.8 Å². The van der Waals surface area contributed by atoms with E-state index in [-0.39, 0.29) is 16.7 Å². The Bertz CT molecular complexity index is 722. The van der Waals surface area contributed by atoms with Gasteiger partial charge in [-0.2, -0.15) is 0 Å². The van der Waals surface area contributed by atoms with Crippen LogP contribution in [0, 0.1) is 0 Å². The maximum atomic E-state index is 11.8. The molecule has 2 aromatic rings. The summed E-state index contributed by atoms with van der Waals surface area (Å²) in [5.74, 6) is 0. The van der Waals surface area contributed by atoms with E-state index in [1.54, 1.807) is 10.6 Å². The molecule has 0 atom stereocenters. The lowest BCUT2D eigenvalue weighted by Crippen LogP contribution is -2.37. The lowest BCUT2D eigenvalue weighted by Gasteiger charge is -2.32. The second-order valence-corrected chi connectivity index (χ2v) is 5.25. The highest BCUT2D eigenvalue weighted by Gasteiger charge is 2.29. The first-order chi connectivity index (χ1) is 8.00. The Hall–Kier alpha value is -1.84. The molecule has 0 fully saturated rings. The van der Waals surface area contributed by atoms with E-state index in [0.29, 0.717) is 11.9 Å². The maximum Gasteiger partial charge on any atom is 0.328 e. The molecule has 0 spiro atoms. The zero-order valence-electron chi connectivity index (χ0n) is 9.91. The number of nitrogens with zero attached hydrogens (tertiary/aromatic N) is 1. The molecule has 0 saturated heterocycles. The van der Waals surface area contributed by atoms with Crippen molar-refractivity contribution in [2.45, 2.75) is 32.2 Å². The molecule has 0 saturated carbocycles. The second-order valence-electron chi connectivity index (χ2n) is 5.25. The lowest BCUT2D eigenvalue weighted by molar-refractivity contribution is 0.414. The first-order valence-corrected chi connectivity index (χ1v) is 5.77. The molecule has 1 aliphatic heterocycles. The third-order valence-corrected chi connectivity index (χ3v) is 3.71. The maximum absolute atomic E-state index is 11.8. The zero-order valence-corrected chi connectivity index (χ0v) is 9.91. The number of aryl methyl sites for hydroxylation is 1. The van der Waals surface area contributed by atoms with Crippen LogP contribution in [0.2, 0.25) is 0 Å². The quantitative estimate of drug-likeness (QED) is 0.743. The monoisotopic (exact) mass is 230 g/mol. The van der Waals surface area contributed by atoms with Gasteiger partial charge in [-0.05, 0) is 23.5 Å². The van der Waals surface area contributed by atoms with Gasteiger partial charge in [0.25, 0.3) is 5.56 Å². The molecule has 0 aliphatic carbocycles. The van der Waals surface area contributed by atoms with Gasteiger partial charge in [-0.15, -0.1) is 0 Å². The number of rotatable bonds is 0. The summed E-state index contributed by atoms with van der Waals surface area (Å²) in [6, 6.07) is 5.67. The number of hydrogen-bond acceptors (Lipinski definition) is 2. The van der Waals surface area contributed by atoms with Crippen molar-refractivity contribution in [3.8, 4) is 0 Å². The van der Waals surface area contributed by atoms with E-state index in [4.69, 9.17) is 0 Å². The smallest absolute Gasteiger partial charge is 0.293 e. The van der Waals surface area contributed by atoms with Gasteiger partial charge in [0.2, 0.25) is 0 Å². The molecule has 4 nitrogen and oxygen atoms in total. The van der Waals surface area contributed by atoms with Gasteiger partial charge in [-0.25, -0.2) is 4.79 Å². The normalized spacial score (nSPS) is 17.3. The van der Waals surface area contributed by atoms with Crippen molar-refractivity contribution in [1.82, 2.24) is 9.55 Å². The average Bonchev–Trinajstić information content (AvgIpc) is 2.27. The summed E-state index contributed by atoms with van der Waals surface area (Å²) in [5.41, 5.74) is 1.31. The van der Waals surface area contributed by atoms with E-state index in [2.05, 4.69) is 18.8 Å². The van der Waals surface area contributed by atoms with Crippen LogP contribution in [0.5, 0.6) is 0 Å². The zero-order chi connectivity index (χ0) is 12.2. The fourth-order valence-corrected chi connectivity index (χ4v) is 2.64. The average molecular weight is 230 g/mol. The Morgan fingerprint density at radius 1 is 1.29 bits per heavy atom. The van der Waals surface area contributed by atoms with Crippen LogP contribution >= 0.6 is 0 Å². The molecule has 0 amide bonds. The van der Waals surface area contributed by atoms with E-state index in [0.717, 1.165) is 17.5 Å². The summed E-state index contributed by atoms with van der Waals surface area (Å²) >= 11 is 0. The highest BCUT2D eigenvalue weighted by atomic mass is 16.2. The highest BCUT2D eigenvalue weighted by Crippen LogP contribution is 2.35. The van der Waals surface area contributed by atoms with Gasteiger partial charge in [0.05, 0.1) is 10.9 Å². The van der Waals surface area contributed by atoms with Crippen molar-refractivity contribution in [1.29, 1.82) is 0 Å². The van der Waals surface area contributed by atoms with Gasteiger partial charge in [0, 0.05) is 6.54 Å². The van der Waals surface area contributed by atoms with Crippen molar-refractivity contribution < 1.29 is 0 Å². The van der Waals surface area contributed by atoms with E-state index in [1.165, 1.54) is 0 Å². The van der Waals surface area contributed by atoms with Crippen LogP contribution in [0.25, 0.3) is 10.9 Å². The van der Waals surface area contributed by atoms with Gasteiger partial charge >= 0.3 is 5.69 Å². The number of aromatic nitrogens is 2. The van der Waals surface area contributed by atoms with Crippen LogP contribution in [0.3, 0.4) is 0 Å². The third-order valence-electron chi connectivity index (χ3n) is 3.71. The molecule has 2 heterocycles. The molecule has 1 aromatic carbocycles. The number of para-hydroxylation sites is 1. The van der Waals surface area contributed by atoms with Crippen LogP contribution in [-0.2, 0) is 12.0 Å². The standard InChI is InChI=1S/C13H14N2O2/c1-13(2)6-7-15-10-8(4-3-5-9(10)13)11(16)14-12(15)17/h3-5H,6-7H2,1-2H3,(H,14,16,17). The summed E-state index contributed by atoms with van der Waals surface area (Å²) in [7, 11) is 0. The molecular weight excluding hydrogens is 216 g/mol. The van der Waals surface area contributed by atoms with Crippen molar-refractivity contribution in [2.75, 3.05) is 0 Å². The number of aromatic amines is 1. The third kappa shape index (κ3) is 1.30. The molecule has 3 rings (SSSR count). The van der Waals surface area contributed by atoms with Crippen molar-refractivity contribution in [2.24, 2.45) is 0 Å². The molecule has 0 unspecified atom stereocenters. The predicted molar refractivity (Wildman–Crippen MR) is 66.5 cm³/mol. The van der Waals surface area contributed by atoms with E-state index >= 15 is 0 Å². The van der Waals surface area contributed by atoms with E-state index in [1.807, 2.05) is 12.1 Å². The van der Waals surface area contributed by atoms with Crippen LogP contribution < -0.4 is 11.2 Å². The van der Waals surface area contributed by atoms with Gasteiger partial charge in [0.1, 0.15) is 0 Å². The molecule has 0 radical (unpaired) electrons. The summed E-state index contributed by atoms with van der Waals surface area (Å²) in [4.78, 5) is 25.9. The summed E-state index contributed by atoms with van der Waals surface area (Å²) in [6.07, 6.45) is 0.908. The Kier molecular flexibility index (Phi) is 1.88. The molecule has 17 heavy (non-hydrogen) atoms. The van der Waals surface area contributed by atoms with Crippen molar-refractivity contribution in [3.05, 3.63) is 44.6 Å². The number of H-pyrrole nitrogens is 1. The number of nitrogens with one attached hydrogen (secondary N) is 1. The Morgan fingerprint density at radius 2 is 2.06 bits per heavy atom. The SMILES string of the molecule is CC1(C)CCn2c(=O)[nH]c(=O)c3cccc1c32. The van der Waals surface area contributed by atoms with Crippen LogP contribution in [0.4, 0.5) is 0 Å². The Balaban J connectivity index is 2.62. The molecule has 1 N–H and O–H groups in total. The van der Waals surface area contributed by atoms with Gasteiger partial charge in [-0.3, -0.25) is 14.3 Å². The fraction of sp³-hybridized carbons (Fsp3) is 0.385. The summed E-state index contributed by atoms with van der Waals surface area (Å²) in [6.45, 7) is 4.96. The Morgan fingerprint density at radius 3 is 2.82 bits per heavy atom. The molecule has 1 aromatic heterocycles. The van der Waals surface area contributed by atoms with Gasteiger partial charge < -0.3 is 0 Å². The highest BCUT2D eigenvalue weighted by molar-refractivity contribution is 5.82. The molecule has 4 heteroatoms. The van der Waals surface area contributed by atoms with Crippen molar-refractivity contribution in [3.63, 3.8) is 0 Å². The second kappa shape index (κ2) is 3.09. The minimum absolute atomic E-state index is 0.0136. The largest absolute Gasteiger partial charge is 0.328 e. The van der Waals surface area contributed by atoms with Gasteiger partial charge in [0.15, 0.2) is 0 Å². The predicted octanol–water partition coefficient (Wildman–Crippen LogP) is 1.37. The van der Waals surface area contributed by atoms with Crippen LogP contribution in [0.15, 0.2) is 27.8 Å². The molecule has 88 valence electrons. The first-order valence-electron chi connectivity index (χ1n) is 5.77. The van der Waals surface area contributed by atoms with E-state index < -0.39 is 0 Å². The van der Waals surface area contributed by atoms with Gasteiger partial charge in [-0.1, -0.05) is 26.0 Å². The topological polar surface area (TPSA) is 54.9 Å². The minimum atomic E-state index is -0.301. The first kappa shape index (κ1) is 10.3. The van der Waals surface area contributed by atoms with E-state index in [9.17, 15) is 9.59 Å². The fourth-order valence-electron chi connectivity index (χ4n) is 2.64. The molecule has 1 aliphatic rings. The molecule has 0 bridgehead atoms. The Labute approximate surface area is 97.9 Å². The van der Waals surface area contributed by atoms with Crippen LogP contribution in [-0.4, -0.2) is 9.55 Å². The number of hydrogen-bond donors (Lipinski definition) is 1. The lowest BCUT2D eigenvalue weighted by atomic mass is 9.78. The minimum Gasteiger partial charge on any atom is -0.293 e. The summed E-state index contributed by atoms with van der Waals surface area (Å²) < 4.78 is 1.68. The van der Waals surface area contributed by atoms with Crippen molar-refractivity contribution >= 4 is 10.9 Å².